The Morgan fingerprint density at radius 1 is 1.00 bits per heavy atom. The predicted molar refractivity (Wildman–Crippen MR) is 105 cm³/mol. The molecule has 1 heterocycles. The van der Waals surface area contributed by atoms with Gasteiger partial charge in [-0.1, -0.05) is 60.7 Å². The van der Waals surface area contributed by atoms with Gasteiger partial charge in [-0.25, -0.2) is 5.10 Å². The van der Waals surface area contributed by atoms with Gasteiger partial charge in [0.2, 0.25) is 4.77 Å². The van der Waals surface area contributed by atoms with Crippen LogP contribution in [0.1, 0.15) is 11.1 Å². The van der Waals surface area contributed by atoms with E-state index < -0.39 is 0 Å². The molecular weight excluding hydrogens is 328 g/mol. The summed E-state index contributed by atoms with van der Waals surface area (Å²) < 4.78 is 2.13. The Balaban J connectivity index is 1.75. The van der Waals surface area contributed by atoms with Crippen molar-refractivity contribution in [1.82, 2.24) is 14.9 Å². The van der Waals surface area contributed by atoms with Crippen LogP contribution >= 0.6 is 12.2 Å². The number of benzene rings is 3. The zero-order valence-corrected chi connectivity index (χ0v) is 14.5. The van der Waals surface area contributed by atoms with Crippen LogP contribution in [0.2, 0.25) is 0 Å². The van der Waals surface area contributed by atoms with Gasteiger partial charge in [0.15, 0.2) is 5.82 Å². The molecule has 0 saturated carbocycles. The summed E-state index contributed by atoms with van der Waals surface area (Å²) in [6.07, 6.45) is 1.81. The van der Waals surface area contributed by atoms with Gasteiger partial charge in [0.1, 0.15) is 0 Å². The highest BCUT2D eigenvalue weighted by molar-refractivity contribution is 7.71. The standard InChI is InChI=1S/C20H16N4S/c1-14-6-2-5-9-18(14)19-22-23-20(25)24(19)21-13-15-10-11-16-7-3-4-8-17(16)12-15/h2-13H,1H3,(H,23,25)/b21-13-. The number of H-pyrrole nitrogens is 1. The van der Waals surface area contributed by atoms with Gasteiger partial charge in [-0.3, -0.25) is 0 Å². The van der Waals surface area contributed by atoms with Crippen LogP contribution in [-0.2, 0) is 0 Å². The first-order valence-corrected chi connectivity index (χ1v) is 8.40. The zero-order chi connectivity index (χ0) is 17.2. The van der Waals surface area contributed by atoms with Gasteiger partial charge in [-0.2, -0.15) is 14.9 Å². The van der Waals surface area contributed by atoms with Crippen molar-refractivity contribution in [2.75, 3.05) is 0 Å². The van der Waals surface area contributed by atoms with Crippen LogP contribution in [0.5, 0.6) is 0 Å². The lowest BCUT2D eigenvalue weighted by atomic mass is 10.1. The average Bonchev–Trinajstić information content (AvgIpc) is 3.00. The van der Waals surface area contributed by atoms with Gasteiger partial charge in [0.05, 0.1) is 6.21 Å². The van der Waals surface area contributed by atoms with Gasteiger partial charge in [0, 0.05) is 5.56 Å². The zero-order valence-electron chi connectivity index (χ0n) is 13.7. The molecule has 122 valence electrons. The van der Waals surface area contributed by atoms with Crippen molar-refractivity contribution < 1.29 is 0 Å². The van der Waals surface area contributed by atoms with E-state index in [1.165, 1.54) is 10.8 Å². The Morgan fingerprint density at radius 3 is 2.60 bits per heavy atom. The normalized spacial score (nSPS) is 11.4. The lowest BCUT2D eigenvalue weighted by Gasteiger charge is -2.04. The van der Waals surface area contributed by atoms with Crippen molar-refractivity contribution in [1.29, 1.82) is 0 Å². The van der Waals surface area contributed by atoms with Crippen molar-refractivity contribution >= 4 is 29.2 Å². The lowest BCUT2D eigenvalue weighted by Crippen LogP contribution is -1.96. The Morgan fingerprint density at radius 2 is 1.76 bits per heavy atom. The van der Waals surface area contributed by atoms with Gasteiger partial charge >= 0.3 is 0 Å². The second-order valence-corrected chi connectivity index (χ2v) is 6.22. The maximum Gasteiger partial charge on any atom is 0.216 e. The SMILES string of the molecule is Cc1ccccc1-c1n[nH]c(=S)n1/N=C\c1ccc2ccccc2c1. The number of aromatic nitrogens is 3. The molecule has 0 aliphatic heterocycles. The number of fused-ring (bicyclic) bond motifs is 1. The first-order valence-electron chi connectivity index (χ1n) is 7.99. The first kappa shape index (κ1) is 15.5. The molecule has 0 fully saturated rings. The highest BCUT2D eigenvalue weighted by Gasteiger charge is 2.10. The second-order valence-electron chi connectivity index (χ2n) is 5.83. The first-order chi connectivity index (χ1) is 12.2. The molecule has 3 aromatic carbocycles. The number of rotatable bonds is 3. The van der Waals surface area contributed by atoms with Gasteiger partial charge in [-0.15, -0.1) is 0 Å². The fraction of sp³-hybridized carbons (Fsp3) is 0.0500. The minimum atomic E-state index is 0.468. The van der Waals surface area contributed by atoms with Crippen LogP contribution in [-0.4, -0.2) is 21.1 Å². The van der Waals surface area contributed by atoms with E-state index in [0.717, 1.165) is 16.7 Å². The third-order valence-corrected chi connectivity index (χ3v) is 4.40. The van der Waals surface area contributed by atoms with Gasteiger partial charge in [-0.05, 0) is 47.1 Å². The monoisotopic (exact) mass is 344 g/mol. The fourth-order valence-corrected chi connectivity index (χ4v) is 2.99. The highest BCUT2D eigenvalue weighted by Crippen LogP contribution is 2.21. The van der Waals surface area contributed by atoms with E-state index in [0.29, 0.717) is 10.6 Å². The number of nitrogens with one attached hydrogen (secondary N) is 1. The predicted octanol–water partition coefficient (Wildman–Crippen LogP) is 4.95. The van der Waals surface area contributed by atoms with Crippen molar-refractivity contribution in [3.05, 3.63) is 82.6 Å². The molecule has 25 heavy (non-hydrogen) atoms. The Hall–Kier alpha value is -3.05. The number of aromatic amines is 1. The Bertz CT molecular complexity index is 1140. The highest BCUT2D eigenvalue weighted by atomic mass is 32.1. The van der Waals surface area contributed by atoms with Crippen LogP contribution in [0.3, 0.4) is 0 Å². The molecule has 4 rings (SSSR count). The summed E-state index contributed by atoms with van der Waals surface area (Å²) in [5.41, 5.74) is 3.14. The summed E-state index contributed by atoms with van der Waals surface area (Å²) >= 11 is 5.34. The van der Waals surface area contributed by atoms with Crippen molar-refractivity contribution in [2.45, 2.75) is 6.92 Å². The fourth-order valence-electron chi connectivity index (χ4n) is 2.81. The van der Waals surface area contributed by atoms with Crippen molar-refractivity contribution in [3.63, 3.8) is 0 Å². The molecule has 5 heteroatoms. The number of nitrogens with zero attached hydrogens (tertiary/aromatic N) is 3. The molecule has 0 aliphatic carbocycles. The summed E-state index contributed by atoms with van der Waals surface area (Å²) in [6.45, 7) is 2.05. The van der Waals surface area contributed by atoms with E-state index in [1.54, 1.807) is 10.9 Å². The van der Waals surface area contributed by atoms with Crippen molar-refractivity contribution in [2.24, 2.45) is 5.10 Å². The Labute approximate surface area is 150 Å². The molecular formula is C20H16N4S. The molecule has 0 unspecified atom stereocenters. The summed E-state index contributed by atoms with van der Waals surface area (Å²) in [4.78, 5) is 0. The molecule has 1 N–H and O–H groups in total. The molecule has 0 amide bonds. The summed E-state index contributed by atoms with van der Waals surface area (Å²) in [5, 5.41) is 14.1. The van der Waals surface area contributed by atoms with Crippen LogP contribution in [0.4, 0.5) is 0 Å². The smallest absolute Gasteiger partial charge is 0.216 e. The topological polar surface area (TPSA) is 46.0 Å². The quantitative estimate of drug-likeness (QED) is 0.422. The van der Waals surface area contributed by atoms with Crippen LogP contribution in [0.25, 0.3) is 22.2 Å². The van der Waals surface area contributed by atoms with E-state index in [9.17, 15) is 0 Å². The summed E-state index contributed by atoms with van der Waals surface area (Å²) in [5.74, 6) is 0.708. The minimum absolute atomic E-state index is 0.468. The molecule has 0 bridgehead atoms. The van der Waals surface area contributed by atoms with Crippen LogP contribution < -0.4 is 0 Å². The molecule has 1 aromatic heterocycles. The number of hydrogen-bond acceptors (Lipinski definition) is 3. The van der Waals surface area contributed by atoms with Crippen LogP contribution in [0, 0.1) is 11.7 Å². The Kier molecular flexibility index (Phi) is 3.99. The molecule has 0 atom stereocenters. The molecule has 4 aromatic rings. The van der Waals surface area contributed by atoms with E-state index in [-0.39, 0.29) is 0 Å². The maximum absolute atomic E-state index is 5.34. The van der Waals surface area contributed by atoms with E-state index in [4.69, 9.17) is 12.2 Å². The maximum atomic E-state index is 5.34. The largest absolute Gasteiger partial charge is 0.250 e. The molecule has 0 saturated heterocycles. The van der Waals surface area contributed by atoms with Crippen LogP contribution in [0.15, 0.2) is 71.8 Å². The van der Waals surface area contributed by atoms with E-state index >= 15 is 0 Å². The second kappa shape index (κ2) is 6.45. The third-order valence-electron chi connectivity index (χ3n) is 4.13. The summed E-state index contributed by atoms with van der Waals surface area (Å²) in [6, 6.07) is 22.5. The van der Waals surface area contributed by atoms with Gasteiger partial charge < -0.3 is 0 Å². The lowest BCUT2D eigenvalue weighted by molar-refractivity contribution is 0.871. The summed E-state index contributed by atoms with van der Waals surface area (Å²) in [7, 11) is 0. The molecule has 4 nitrogen and oxygen atoms in total. The third kappa shape index (κ3) is 3.02. The number of aryl methyl sites for hydroxylation is 1. The number of hydrogen-bond donors (Lipinski definition) is 1. The molecule has 0 radical (unpaired) electrons. The van der Waals surface area contributed by atoms with E-state index in [1.807, 2.05) is 49.4 Å². The molecule has 0 aliphatic rings. The van der Waals surface area contributed by atoms with E-state index in [2.05, 4.69) is 39.6 Å². The minimum Gasteiger partial charge on any atom is -0.250 e. The van der Waals surface area contributed by atoms with Gasteiger partial charge in [0.25, 0.3) is 0 Å². The molecule has 0 spiro atoms. The average molecular weight is 344 g/mol. The van der Waals surface area contributed by atoms with Crippen molar-refractivity contribution in [3.8, 4) is 11.4 Å².